The van der Waals surface area contributed by atoms with Gasteiger partial charge in [-0.05, 0) is 57.1 Å². The molecule has 0 fully saturated rings. The number of aliphatic carboxylic acids is 1. The van der Waals surface area contributed by atoms with E-state index >= 15 is 0 Å². The molecule has 0 radical (unpaired) electrons. The molecule has 5 heteroatoms. The molecule has 5 rings (SSSR count). The van der Waals surface area contributed by atoms with Crippen LogP contribution in [0.3, 0.4) is 0 Å². The van der Waals surface area contributed by atoms with Crippen molar-refractivity contribution >= 4 is 18.1 Å². The van der Waals surface area contributed by atoms with E-state index in [1.54, 1.807) is 0 Å². The van der Waals surface area contributed by atoms with E-state index < -0.39 is 12.1 Å². The summed E-state index contributed by atoms with van der Waals surface area (Å²) < 4.78 is 17.4. The van der Waals surface area contributed by atoms with Crippen LogP contribution in [0.4, 0.5) is 0 Å². The number of rotatable bonds is 10. The minimum absolute atomic E-state index is 0.214. The third kappa shape index (κ3) is 5.86. The van der Waals surface area contributed by atoms with E-state index in [4.69, 9.17) is 14.2 Å². The Morgan fingerprint density at radius 1 is 0.789 bits per heavy atom. The van der Waals surface area contributed by atoms with E-state index in [1.165, 1.54) is 18.2 Å². The molecule has 2 unspecified atom stereocenters. The molecule has 0 saturated heterocycles. The van der Waals surface area contributed by atoms with Gasteiger partial charge in [-0.2, -0.15) is 0 Å². The number of benzene rings is 4. The third-order valence-corrected chi connectivity index (χ3v) is 6.74. The molecule has 0 amide bonds. The van der Waals surface area contributed by atoms with Crippen molar-refractivity contribution in [2.45, 2.75) is 18.6 Å². The van der Waals surface area contributed by atoms with Crippen LogP contribution in [-0.4, -0.2) is 37.5 Å². The SMILES string of the molecule is COC(Cc1ccc(OCCOC2c3ccccc3C=Cc3cc(-c4ccccc4)ccc32)cc1)C(=O)O. The zero-order valence-electron chi connectivity index (χ0n) is 21.2. The van der Waals surface area contributed by atoms with Crippen LogP contribution in [0.5, 0.6) is 5.75 Å². The van der Waals surface area contributed by atoms with Crippen LogP contribution in [0, 0.1) is 0 Å². The zero-order valence-corrected chi connectivity index (χ0v) is 21.2. The maximum atomic E-state index is 11.2. The first-order chi connectivity index (χ1) is 18.6. The third-order valence-electron chi connectivity index (χ3n) is 6.74. The van der Waals surface area contributed by atoms with Gasteiger partial charge < -0.3 is 19.3 Å². The molecule has 1 aliphatic carbocycles. The van der Waals surface area contributed by atoms with Crippen molar-refractivity contribution in [1.82, 2.24) is 0 Å². The van der Waals surface area contributed by atoms with Gasteiger partial charge in [-0.1, -0.05) is 91.0 Å². The topological polar surface area (TPSA) is 65.0 Å². The minimum atomic E-state index is -0.974. The van der Waals surface area contributed by atoms with Crippen LogP contribution in [0.25, 0.3) is 23.3 Å². The molecule has 2 atom stereocenters. The highest BCUT2D eigenvalue weighted by Crippen LogP contribution is 2.37. The number of ether oxygens (including phenoxy) is 3. The predicted octanol–water partition coefficient (Wildman–Crippen LogP) is 6.66. The van der Waals surface area contributed by atoms with E-state index in [2.05, 4.69) is 66.7 Å². The quantitative estimate of drug-likeness (QED) is 0.244. The lowest BCUT2D eigenvalue weighted by molar-refractivity contribution is -0.148. The molecule has 0 aliphatic heterocycles. The number of hydrogen-bond donors (Lipinski definition) is 1. The van der Waals surface area contributed by atoms with Gasteiger partial charge in [0.2, 0.25) is 0 Å². The Balaban J connectivity index is 1.27. The van der Waals surface area contributed by atoms with Crippen molar-refractivity contribution < 1.29 is 24.1 Å². The molecule has 1 N–H and O–H groups in total. The largest absolute Gasteiger partial charge is 0.491 e. The Hall–Kier alpha value is -4.19. The highest BCUT2D eigenvalue weighted by atomic mass is 16.5. The number of fused-ring (bicyclic) bond motifs is 2. The van der Waals surface area contributed by atoms with E-state index in [9.17, 15) is 9.90 Å². The number of carboxylic acids is 1. The summed E-state index contributed by atoms with van der Waals surface area (Å²) >= 11 is 0. The summed E-state index contributed by atoms with van der Waals surface area (Å²) in [5.74, 6) is -0.268. The van der Waals surface area contributed by atoms with Gasteiger partial charge in [0.15, 0.2) is 6.10 Å². The summed E-state index contributed by atoms with van der Waals surface area (Å²) in [6.07, 6.45) is 3.55. The second-order valence-corrected chi connectivity index (χ2v) is 9.18. The maximum Gasteiger partial charge on any atom is 0.333 e. The van der Waals surface area contributed by atoms with Gasteiger partial charge in [0, 0.05) is 13.5 Å². The molecular weight excluding hydrogens is 476 g/mol. The van der Waals surface area contributed by atoms with Crippen molar-refractivity contribution in [2.75, 3.05) is 20.3 Å². The number of carbonyl (C=O) groups is 1. The van der Waals surface area contributed by atoms with Crippen LogP contribution in [0.1, 0.15) is 33.9 Å². The maximum absolute atomic E-state index is 11.2. The van der Waals surface area contributed by atoms with Crippen LogP contribution >= 0.6 is 0 Å². The predicted molar refractivity (Wildman–Crippen MR) is 149 cm³/mol. The standard InChI is InChI=1S/C33H30O5/c1-36-31(33(34)35)21-23-11-16-28(17-12-23)37-19-20-38-32-29-10-6-5-9-25(29)13-14-27-22-26(15-18-30(27)32)24-7-3-2-4-8-24/h2-18,22,31-32H,19-21H2,1H3,(H,34,35). The fraction of sp³-hybridized carbons (Fsp3) is 0.182. The summed E-state index contributed by atoms with van der Waals surface area (Å²) in [7, 11) is 1.40. The molecule has 4 aromatic carbocycles. The lowest BCUT2D eigenvalue weighted by Gasteiger charge is -2.22. The van der Waals surface area contributed by atoms with Gasteiger partial charge >= 0.3 is 5.97 Å². The summed E-state index contributed by atoms with van der Waals surface area (Å²) in [4.78, 5) is 11.2. The van der Waals surface area contributed by atoms with Crippen molar-refractivity contribution in [3.05, 3.63) is 125 Å². The molecule has 0 aromatic heterocycles. The fourth-order valence-electron chi connectivity index (χ4n) is 4.73. The molecule has 0 spiro atoms. The Bertz CT molecular complexity index is 1410. The first-order valence-electron chi connectivity index (χ1n) is 12.7. The number of methoxy groups -OCH3 is 1. The van der Waals surface area contributed by atoms with Crippen molar-refractivity contribution in [2.24, 2.45) is 0 Å². The van der Waals surface area contributed by atoms with Gasteiger partial charge in [-0.25, -0.2) is 4.79 Å². The number of carboxylic acid groups (broad SMARTS) is 1. The van der Waals surface area contributed by atoms with Gasteiger partial charge in [0.25, 0.3) is 0 Å². The molecule has 0 saturated carbocycles. The second-order valence-electron chi connectivity index (χ2n) is 9.18. The first kappa shape index (κ1) is 25.5. The average molecular weight is 507 g/mol. The number of hydrogen-bond acceptors (Lipinski definition) is 4. The highest BCUT2D eigenvalue weighted by molar-refractivity contribution is 5.79. The smallest absolute Gasteiger partial charge is 0.333 e. The molecule has 1 aliphatic rings. The van der Waals surface area contributed by atoms with Gasteiger partial charge in [-0.3, -0.25) is 0 Å². The second kappa shape index (κ2) is 11.9. The van der Waals surface area contributed by atoms with Crippen molar-refractivity contribution in [3.8, 4) is 16.9 Å². The van der Waals surface area contributed by atoms with Crippen molar-refractivity contribution in [1.29, 1.82) is 0 Å². The first-order valence-corrected chi connectivity index (χ1v) is 12.7. The van der Waals surface area contributed by atoms with Crippen LogP contribution in [0.15, 0.2) is 97.1 Å². The van der Waals surface area contributed by atoms with Gasteiger partial charge in [0.1, 0.15) is 18.5 Å². The van der Waals surface area contributed by atoms with Crippen LogP contribution < -0.4 is 4.74 Å². The van der Waals surface area contributed by atoms with Crippen LogP contribution in [0.2, 0.25) is 0 Å². The lowest BCUT2D eigenvalue weighted by Crippen LogP contribution is -2.24. The Kier molecular flexibility index (Phi) is 7.98. The Morgan fingerprint density at radius 2 is 1.50 bits per heavy atom. The van der Waals surface area contributed by atoms with E-state index in [0.29, 0.717) is 25.4 Å². The van der Waals surface area contributed by atoms with Gasteiger partial charge in [-0.15, -0.1) is 0 Å². The molecule has 0 bridgehead atoms. The average Bonchev–Trinajstić information content (AvgIpc) is 3.11. The Labute approximate surface area is 222 Å². The summed E-state index contributed by atoms with van der Waals surface area (Å²) in [5, 5.41) is 9.18. The summed E-state index contributed by atoms with van der Waals surface area (Å²) in [5.41, 5.74) is 7.76. The monoisotopic (exact) mass is 506 g/mol. The normalized spacial score (nSPS) is 14.7. The lowest BCUT2D eigenvalue weighted by atomic mass is 9.93. The summed E-state index contributed by atoms with van der Waals surface area (Å²) in [6, 6.07) is 32.7. The van der Waals surface area contributed by atoms with E-state index in [-0.39, 0.29) is 6.10 Å². The Morgan fingerprint density at radius 3 is 2.26 bits per heavy atom. The zero-order chi connectivity index (χ0) is 26.3. The summed E-state index contributed by atoms with van der Waals surface area (Å²) in [6.45, 7) is 0.796. The van der Waals surface area contributed by atoms with E-state index in [1.807, 2.05) is 42.5 Å². The van der Waals surface area contributed by atoms with Crippen LogP contribution in [-0.2, 0) is 20.7 Å². The minimum Gasteiger partial charge on any atom is -0.491 e. The van der Waals surface area contributed by atoms with E-state index in [0.717, 1.165) is 27.8 Å². The fourth-order valence-corrected chi connectivity index (χ4v) is 4.73. The molecule has 0 heterocycles. The van der Waals surface area contributed by atoms with Crippen molar-refractivity contribution in [3.63, 3.8) is 0 Å². The molecular formula is C33H30O5. The molecule has 38 heavy (non-hydrogen) atoms. The molecule has 4 aromatic rings. The van der Waals surface area contributed by atoms with Gasteiger partial charge in [0.05, 0.1) is 6.61 Å². The highest BCUT2D eigenvalue weighted by Gasteiger charge is 2.22. The molecule has 192 valence electrons. The molecule has 5 nitrogen and oxygen atoms in total.